The Morgan fingerprint density at radius 2 is 1.83 bits per heavy atom. The van der Waals surface area contributed by atoms with Crippen LogP contribution in [0.2, 0.25) is 0 Å². The summed E-state index contributed by atoms with van der Waals surface area (Å²) in [4.78, 5) is 33.3. The van der Waals surface area contributed by atoms with E-state index in [0.29, 0.717) is 30.0 Å². The normalized spacial score (nSPS) is 22.0. The predicted octanol–water partition coefficient (Wildman–Crippen LogP) is 4.62. The number of hydrogen-bond acceptors (Lipinski definition) is 4. The number of aromatic nitrogens is 1. The second kappa shape index (κ2) is 10.5. The summed E-state index contributed by atoms with van der Waals surface area (Å²) in [6, 6.07) is 15.7. The number of aliphatic hydroxyl groups excluding tert-OH is 1. The molecule has 1 aliphatic carbocycles. The molecule has 2 aromatic carbocycles. The van der Waals surface area contributed by atoms with Crippen molar-refractivity contribution in [3.63, 3.8) is 0 Å². The molecule has 0 radical (unpaired) electrons. The van der Waals surface area contributed by atoms with Crippen LogP contribution in [0.3, 0.4) is 0 Å². The Balaban J connectivity index is 1.38. The van der Waals surface area contributed by atoms with Gasteiger partial charge in [0.15, 0.2) is 0 Å². The molecule has 35 heavy (non-hydrogen) atoms. The van der Waals surface area contributed by atoms with E-state index in [0.717, 1.165) is 41.1 Å². The standard InChI is InChI=1S/C28H30BrN3O3/c29-22-12-20-6-3-7-25(27(20)30-15-22)28(35)32-16-21-5-2-1-4-19(21)13-24(32)14-26(34)31-23-10-8-18(17-33)9-11-23/h1-7,12,15,18,23-24,33H,8-11,13-14,16-17H2,(H,31,34)/t18?,23?,24-/m1/s1. The number of pyridine rings is 1. The fraction of sp³-hybridized carbons (Fsp3) is 0.393. The largest absolute Gasteiger partial charge is 0.396 e. The third kappa shape index (κ3) is 5.26. The van der Waals surface area contributed by atoms with Crippen molar-refractivity contribution >= 4 is 38.6 Å². The zero-order chi connectivity index (χ0) is 24.4. The van der Waals surface area contributed by atoms with Crippen LogP contribution in [0.4, 0.5) is 0 Å². The molecule has 1 aliphatic heterocycles. The van der Waals surface area contributed by atoms with Crippen molar-refractivity contribution in [2.75, 3.05) is 6.61 Å². The number of halogens is 1. The Bertz CT molecular complexity index is 1240. The monoisotopic (exact) mass is 535 g/mol. The number of para-hydroxylation sites is 1. The first kappa shape index (κ1) is 23.9. The summed E-state index contributed by atoms with van der Waals surface area (Å²) < 4.78 is 0.865. The molecule has 2 N–H and O–H groups in total. The fourth-order valence-electron chi connectivity index (χ4n) is 5.46. The van der Waals surface area contributed by atoms with Crippen molar-refractivity contribution in [2.45, 2.75) is 57.2 Å². The van der Waals surface area contributed by atoms with Crippen LogP contribution in [0.1, 0.15) is 53.6 Å². The molecule has 0 bridgehead atoms. The molecule has 1 atom stereocenters. The van der Waals surface area contributed by atoms with E-state index in [1.807, 2.05) is 41.3 Å². The number of nitrogens with one attached hydrogen (secondary N) is 1. The summed E-state index contributed by atoms with van der Waals surface area (Å²) >= 11 is 3.46. The topological polar surface area (TPSA) is 82.5 Å². The van der Waals surface area contributed by atoms with E-state index in [-0.39, 0.29) is 36.9 Å². The summed E-state index contributed by atoms with van der Waals surface area (Å²) in [5, 5.41) is 13.5. The highest BCUT2D eigenvalue weighted by Gasteiger charge is 2.33. The molecule has 0 saturated heterocycles. The highest BCUT2D eigenvalue weighted by atomic mass is 79.9. The maximum atomic E-state index is 13.9. The first-order chi connectivity index (χ1) is 17.0. The Kier molecular flexibility index (Phi) is 7.16. The maximum absolute atomic E-state index is 13.9. The molecule has 3 aromatic rings. The van der Waals surface area contributed by atoms with E-state index in [1.54, 1.807) is 6.20 Å². The second-order valence-corrected chi connectivity index (χ2v) is 10.7. The van der Waals surface area contributed by atoms with Gasteiger partial charge in [-0.3, -0.25) is 14.6 Å². The van der Waals surface area contributed by atoms with Gasteiger partial charge in [0.1, 0.15) is 0 Å². The molecule has 1 fully saturated rings. The quantitative estimate of drug-likeness (QED) is 0.499. The zero-order valence-corrected chi connectivity index (χ0v) is 21.2. The van der Waals surface area contributed by atoms with Gasteiger partial charge in [0, 0.05) is 47.7 Å². The van der Waals surface area contributed by atoms with Gasteiger partial charge in [-0.15, -0.1) is 0 Å². The van der Waals surface area contributed by atoms with Crippen molar-refractivity contribution in [1.82, 2.24) is 15.2 Å². The lowest BCUT2D eigenvalue weighted by atomic mass is 9.86. The summed E-state index contributed by atoms with van der Waals surface area (Å²) in [5.41, 5.74) is 3.54. The summed E-state index contributed by atoms with van der Waals surface area (Å²) in [7, 11) is 0. The van der Waals surface area contributed by atoms with Gasteiger partial charge in [-0.05, 0) is 77.2 Å². The molecular weight excluding hydrogens is 506 g/mol. The Morgan fingerprint density at radius 3 is 2.60 bits per heavy atom. The lowest BCUT2D eigenvalue weighted by Crippen LogP contribution is -2.48. The minimum atomic E-state index is -0.225. The third-order valence-electron chi connectivity index (χ3n) is 7.42. The van der Waals surface area contributed by atoms with Crippen molar-refractivity contribution in [3.8, 4) is 0 Å². The van der Waals surface area contributed by atoms with Gasteiger partial charge in [-0.2, -0.15) is 0 Å². The number of aliphatic hydroxyl groups is 1. The molecule has 2 aliphatic rings. The Labute approximate surface area is 213 Å². The SMILES string of the molecule is O=C(C[C@H]1Cc2ccccc2CN1C(=O)c1cccc2cc(Br)cnc12)NC1CCC(CO)CC1. The van der Waals surface area contributed by atoms with Crippen LogP contribution < -0.4 is 5.32 Å². The van der Waals surface area contributed by atoms with E-state index in [4.69, 9.17) is 0 Å². The highest BCUT2D eigenvalue weighted by Crippen LogP contribution is 2.29. The van der Waals surface area contributed by atoms with Crippen molar-refractivity contribution < 1.29 is 14.7 Å². The van der Waals surface area contributed by atoms with E-state index in [9.17, 15) is 14.7 Å². The number of carbonyl (C=O) groups is 2. The van der Waals surface area contributed by atoms with Crippen LogP contribution in [-0.4, -0.2) is 45.5 Å². The maximum Gasteiger partial charge on any atom is 0.256 e. The number of nitrogens with zero attached hydrogens (tertiary/aromatic N) is 2. The van der Waals surface area contributed by atoms with Crippen LogP contribution in [0, 0.1) is 5.92 Å². The van der Waals surface area contributed by atoms with Gasteiger partial charge in [0.2, 0.25) is 5.91 Å². The Hall–Kier alpha value is -2.77. The summed E-state index contributed by atoms with van der Waals surface area (Å²) in [5.74, 6) is 0.238. The Morgan fingerprint density at radius 1 is 1.06 bits per heavy atom. The van der Waals surface area contributed by atoms with E-state index in [2.05, 4.69) is 38.4 Å². The third-order valence-corrected chi connectivity index (χ3v) is 7.85. The molecule has 2 heterocycles. The first-order valence-electron chi connectivity index (χ1n) is 12.3. The summed E-state index contributed by atoms with van der Waals surface area (Å²) in [6.07, 6.45) is 6.29. The average molecular weight is 536 g/mol. The van der Waals surface area contributed by atoms with Gasteiger partial charge in [0.25, 0.3) is 5.91 Å². The lowest BCUT2D eigenvalue weighted by molar-refractivity contribution is -0.123. The smallest absolute Gasteiger partial charge is 0.256 e. The number of amides is 2. The van der Waals surface area contributed by atoms with Gasteiger partial charge in [-0.25, -0.2) is 0 Å². The molecule has 1 aromatic heterocycles. The number of fused-ring (bicyclic) bond motifs is 2. The van der Waals surface area contributed by atoms with Crippen LogP contribution in [0.25, 0.3) is 10.9 Å². The number of benzene rings is 2. The van der Waals surface area contributed by atoms with E-state index >= 15 is 0 Å². The van der Waals surface area contributed by atoms with Crippen LogP contribution >= 0.6 is 15.9 Å². The first-order valence-corrected chi connectivity index (χ1v) is 13.1. The molecule has 6 nitrogen and oxygen atoms in total. The van der Waals surface area contributed by atoms with E-state index in [1.165, 1.54) is 5.56 Å². The zero-order valence-electron chi connectivity index (χ0n) is 19.6. The van der Waals surface area contributed by atoms with Crippen LogP contribution in [0.5, 0.6) is 0 Å². The molecule has 7 heteroatoms. The van der Waals surface area contributed by atoms with Gasteiger partial charge in [0.05, 0.1) is 11.1 Å². The molecule has 5 rings (SSSR count). The molecule has 182 valence electrons. The van der Waals surface area contributed by atoms with E-state index < -0.39 is 0 Å². The highest BCUT2D eigenvalue weighted by molar-refractivity contribution is 9.10. The number of carbonyl (C=O) groups excluding carboxylic acids is 2. The number of rotatable bonds is 5. The molecular formula is C28H30BrN3O3. The molecule has 1 saturated carbocycles. The predicted molar refractivity (Wildman–Crippen MR) is 139 cm³/mol. The fourth-order valence-corrected chi connectivity index (χ4v) is 5.81. The van der Waals surface area contributed by atoms with Crippen LogP contribution in [0.15, 0.2) is 59.2 Å². The van der Waals surface area contributed by atoms with Gasteiger partial charge < -0.3 is 15.3 Å². The molecule has 0 spiro atoms. The van der Waals surface area contributed by atoms with Crippen molar-refractivity contribution in [3.05, 3.63) is 75.9 Å². The van der Waals surface area contributed by atoms with Crippen molar-refractivity contribution in [2.24, 2.45) is 5.92 Å². The lowest BCUT2D eigenvalue weighted by Gasteiger charge is -2.37. The average Bonchev–Trinajstić information content (AvgIpc) is 2.87. The minimum Gasteiger partial charge on any atom is -0.396 e. The van der Waals surface area contributed by atoms with Crippen molar-refractivity contribution in [1.29, 1.82) is 0 Å². The number of hydrogen-bond donors (Lipinski definition) is 2. The van der Waals surface area contributed by atoms with Crippen LogP contribution in [-0.2, 0) is 17.8 Å². The van der Waals surface area contributed by atoms with Gasteiger partial charge >= 0.3 is 0 Å². The molecule has 0 unspecified atom stereocenters. The molecule has 2 amide bonds. The van der Waals surface area contributed by atoms with Gasteiger partial charge in [-0.1, -0.05) is 36.4 Å². The summed E-state index contributed by atoms with van der Waals surface area (Å²) in [6.45, 7) is 0.695. The minimum absolute atomic E-state index is 0.0143. The second-order valence-electron chi connectivity index (χ2n) is 9.76.